The molecule has 1 amide bonds. The van der Waals surface area contributed by atoms with E-state index in [0.717, 1.165) is 25.9 Å². The lowest BCUT2D eigenvalue weighted by Crippen LogP contribution is -2.27. The van der Waals surface area contributed by atoms with Crippen molar-refractivity contribution in [3.63, 3.8) is 0 Å². The highest BCUT2D eigenvalue weighted by molar-refractivity contribution is 6.01. The molecule has 1 aliphatic rings. The van der Waals surface area contributed by atoms with Crippen molar-refractivity contribution < 1.29 is 23.9 Å². The summed E-state index contributed by atoms with van der Waals surface area (Å²) in [5.41, 5.74) is 1.29. The van der Waals surface area contributed by atoms with Crippen LogP contribution in [0.1, 0.15) is 51.0 Å². The Balaban J connectivity index is 1.64. The molecule has 1 saturated heterocycles. The van der Waals surface area contributed by atoms with E-state index < -0.39 is 0 Å². The molecule has 142 valence electrons. The number of nitrogens with one attached hydrogen (secondary N) is 1. The number of H-pyrrole nitrogens is 1. The molecule has 3 rings (SSSR count). The monoisotopic (exact) mass is 370 g/mol. The fraction of sp³-hybridized carbons (Fsp3) is 0.350. The number of aromatic nitrogens is 1. The Morgan fingerprint density at radius 1 is 1.07 bits per heavy atom. The van der Waals surface area contributed by atoms with Crippen LogP contribution in [0.5, 0.6) is 11.5 Å². The van der Waals surface area contributed by atoms with E-state index in [1.54, 1.807) is 29.2 Å². The molecular formula is C20H22N2O5. The second-order valence-corrected chi connectivity index (χ2v) is 6.44. The number of hydrogen-bond donors (Lipinski definition) is 1. The number of likely N-dealkylation sites (tertiary alicyclic amines) is 1. The van der Waals surface area contributed by atoms with E-state index in [2.05, 4.69) is 4.98 Å². The van der Waals surface area contributed by atoms with Crippen LogP contribution in [0.4, 0.5) is 0 Å². The second-order valence-electron chi connectivity index (χ2n) is 6.44. The number of benzene rings is 1. The van der Waals surface area contributed by atoms with Gasteiger partial charge < -0.3 is 19.4 Å². The lowest BCUT2D eigenvalue weighted by atomic mass is 10.1. The molecule has 0 atom stereocenters. The lowest BCUT2D eigenvalue weighted by molar-refractivity contribution is 0.0787. The van der Waals surface area contributed by atoms with Gasteiger partial charge in [0.1, 0.15) is 5.69 Å². The molecule has 0 bridgehead atoms. The van der Waals surface area contributed by atoms with Gasteiger partial charge in [-0.25, -0.2) is 0 Å². The number of aromatic amines is 1. The van der Waals surface area contributed by atoms with Gasteiger partial charge in [-0.2, -0.15) is 0 Å². The van der Waals surface area contributed by atoms with E-state index in [9.17, 15) is 14.4 Å². The van der Waals surface area contributed by atoms with Gasteiger partial charge in [0, 0.05) is 30.4 Å². The van der Waals surface area contributed by atoms with Crippen LogP contribution in [0, 0.1) is 0 Å². The number of hydrogen-bond acceptors (Lipinski definition) is 5. The summed E-state index contributed by atoms with van der Waals surface area (Å²) in [4.78, 5) is 40.8. The predicted octanol–water partition coefficient (Wildman–Crippen LogP) is 2.72. The van der Waals surface area contributed by atoms with Gasteiger partial charge in [0.15, 0.2) is 23.9 Å². The minimum Gasteiger partial charge on any atom is -0.493 e. The van der Waals surface area contributed by atoms with Crippen molar-refractivity contribution in [3.05, 3.63) is 47.3 Å². The highest BCUT2D eigenvalue weighted by atomic mass is 16.5. The van der Waals surface area contributed by atoms with Gasteiger partial charge in [-0.1, -0.05) is 0 Å². The number of carbonyl (C=O) groups is 3. The van der Waals surface area contributed by atoms with Crippen molar-refractivity contribution in [1.82, 2.24) is 9.88 Å². The molecule has 7 nitrogen and oxygen atoms in total. The zero-order chi connectivity index (χ0) is 19.4. The van der Waals surface area contributed by atoms with Gasteiger partial charge in [-0.05, 0) is 44.0 Å². The van der Waals surface area contributed by atoms with Crippen LogP contribution in [0.3, 0.4) is 0 Å². The molecular weight excluding hydrogens is 348 g/mol. The fourth-order valence-corrected chi connectivity index (χ4v) is 3.00. The number of methoxy groups -OCH3 is 1. The SMILES string of the molecule is COc1cc(C(C)=O)ccc1OCC(=O)c1c[nH]c(C(=O)N2CCCC2)c1. The molecule has 0 saturated carbocycles. The summed E-state index contributed by atoms with van der Waals surface area (Å²) in [5.74, 6) is 0.325. The molecule has 1 N–H and O–H groups in total. The van der Waals surface area contributed by atoms with Gasteiger partial charge in [0.25, 0.3) is 5.91 Å². The van der Waals surface area contributed by atoms with Crippen LogP contribution < -0.4 is 9.47 Å². The van der Waals surface area contributed by atoms with Crippen molar-refractivity contribution in [2.45, 2.75) is 19.8 Å². The molecule has 2 aromatic rings. The average molecular weight is 370 g/mol. The average Bonchev–Trinajstić information content (AvgIpc) is 3.37. The van der Waals surface area contributed by atoms with Crippen LogP contribution in [0.25, 0.3) is 0 Å². The summed E-state index contributed by atoms with van der Waals surface area (Å²) >= 11 is 0. The van der Waals surface area contributed by atoms with Crippen molar-refractivity contribution in [1.29, 1.82) is 0 Å². The topological polar surface area (TPSA) is 88.7 Å². The van der Waals surface area contributed by atoms with Gasteiger partial charge in [0.2, 0.25) is 5.78 Å². The molecule has 0 aliphatic carbocycles. The number of Topliss-reactive ketones (excluding diaryl/α,β-unsaturated/α-hetero) is 2. The molecule has 27 heavy (non-hydrogen) atoms. The summed E-state index contributed by atoms with van der Waals surface area (Å²) in [6.45, 7) is 2.76. The molecule has 0 radical (unpaired) electrons. The lowest BCUT2D eigenvalue weighted by Gasteiger charge is -2.13. The molecule has 1 aromatic heterocycles. The largest absolute Gasteiger partial charge is 0.493 e. The first kappa shape index (κ1) is 18.7. The normalized spacial score (nSPS) is 13.5. The van der Waals surface area contributed by atoms with E-state index in [0.29, 0.717) is 28.3 Å². The predicted molar refractivity (Wildman–Crippen MR) is 98.8 cm³/mol. The molecule has 0 unspecified atom stereocenters. The standard InChI is InChI=1S/C20H22N2O5/c1-13(23)14-5-6-18(19(10-14)26-2)27-12-17(24)15-9-16(21-11-15)20(25)22-7-3-4-8-22/h5-6,9-11,21H,3-4,7-8,12H2,1-2H3. The highest BCUT2D eigenvalue weighted by Gasteiger charge is 2.22. The first-order valence-corrected chi connectivity index (χ1v) is 8.82. The van der Waals surface area contributed by atoms with Gasteiger partial charge in [0.05, 0.1) is 7.11 Å². The minimum atomic E-state index is -0.260. The molecule has 0 spiro atoms. The molecule has 1 aliphatic heterocycles. The van der Waals surface area contributed by atoms with E-state index in [4.69, 9.17) is 9.47 Å². The molecule has 1 fully saturated rings. The van der Waals surface area contributed by atoms with E-state index in [1.165, 1.54) is 20.2 Å². The molecule has 7 heteroatoms. The molecule has 2 heterocycles. The first-order valence-electron chi connectivity index (χ1n) is 8.82. The van der Waals surface area contributed by atoms with Gasteiger partial charge >= 0.3 is 0 Å². The fourth-order valence-electron chi connectivity index (χ4n) is 3.00. The Kier molecular flexibility index (Phi) is 5.59. The van der Waals surface area contributed by atoms with Gasteiger partial charge in [-0.15, -0.1) is 0 Å². The third-order valence-corrected chi connectivity index (χ3v) is 4.56. The van der Waals surface area contributed by atoms with Crippen LogP contribution in [0.2, 0.25) is 0 Å². The third kappa shape index (κ3) is 4.19. The number of amides is 1. The van der Waals surface area contributed by atoms with Crippen LogP contribution in [-0.2, 0) is 0 Å². The Hall–Kier alpha value is -3.09. The summed E-state index contributed by atoms with van der Waals surface area (Å²) < 4.78 is 10.8. The van der Waals surface area contributed by atoms with Crippen molar-refractivity contribution in [3.8, 4) is 11.5 Å². The first-order chi connectivity index (χ1) is 13.0. The van der Waals surface area contributed by atoms with Crippen molar-refractivity contribution in [2.24, 2.45) is 0 Å². The minimum absolute atomic E-state index is 0.0848. The van der Waals surface area contributed by atoms with Crippen LogP contribution >= 0.6 is 0 Å². The van der Waals surface area contributed by atoms with E-state index >= 15 is 0 Å². The summed E-state index contributed by atoms with van der Waals surface area (Å²) in [6, 6.07) is 6.35. The number of ether oxygens (including phenoxy) is 2. The summed E-state index contributed by atoms with van der Waals surface area (Å²) in [6.07, 6.45) is 3.54. The number of nitrogens with zero attached hydrogens (tertiary/aromatic N) is 1. The number of carbonyl (C=O) groups excluding carboxylic acids is 3. The number of rotatable bonds is 7. The third-order valence-electron chi connectivity index (χ3n) is 4.56. The number of ketones is 2. The highest BCUT2D eigenvalue weighted by Crippen LogP contribution is 2.28. The molecule has 1 aromatic carbocycles. The van der Waals surface area contributed by atoms with Crippen LogP contribution in [-0.4, -0.2) is 54.2 Å². The Bertz CT molecular complexity index is 865. The zero-order valence-corrected chi connectivity index (χ0v) is 15.4. The Morgan fingerprint density at radius 2 is 1.81 bits per heavy atom. The maximum atomic E-state index is 12.4. The van der Waals surface area contributed by atoms with Crippen molar-refractivity contribution in [2.75, 3.05) is 26.8 Å². The Morgan fingerprint density at radius 3 is 2.48 bits per heavy atom. The maximum absolute atomic E-state index is 12.4. The summed E-state index contributed by atoms with van der Waals surface area (Å²) in [7, 11) is 1.47. The van der Waals surface area contributed by atoms with E-state index in [-0.39, 0.29) is 24.1 Å². The smallest absolute Gasteiger partial charge is 0.270 e. The van der Waals surface area contributed by atoms with E-state index in [1.807, 2.05) is 0 Å². The second kappa shape index (κ2) is 8.07. The zero-order valence-electron chi connectivity index (χ0n) is 15.4. The van der Waals surface area contributed by atoms with Crippen LogP contribution in [0.15, 0.2) is 30.5 Å². The maximum Gasteiger partial charge on any atom is 0.270 e. The summed E-state index contributed by atoms with van der Waals surface area (Å²) in [5, 5.41) is 0. The van der Waals surface area contributed by atoms with Crippen molar-refractivity contribution >= 4 is 17.5 Å². The Labute approximate surface area is 157 Å². The van der Waals surface area contributed by atoms with Gasteiger partial charge in [-0.3, -0.25) is 14.4 Å². The quantitative estimate of drug-likeness (QED) is 0.757.